The lowest BCUT2D eigenvalue weighted by atomic mass is 10.1. The van der Waals surface area contributed by atoms with E-state index in [4.69, 9.17) is 5.11 Å². The molecule has 0 radical (unpaired) electrons. The SMILES string of the molecule is Cc1ncc(CNC(=O)c2ccc(C#CCO)c(F)c2)s1. The van der Waals surface area contributed by atoms with E-state index in [1.807, 2.05) is 6.92 Å². The number of nitrogens with zero attached hydrogens (tertiary/aromatic N) is 1. The zero-order valence-electron chi connectivity index (χ0n) is 11.3. The molecule has 2 aromatic rings. The van der Waals surface area contributed by atoms with E-state index in [0.29, 0.717) is 6.54 Å². The van der Waals surface area contributed by atoms with Gasteiger partial charge in [-0.3, -0.25) is 4.79 Å². The van der Waals surface area contributed by atoms with Gasteiger partial charge in [-0.05, 0) is 25.1 Å². The van der Waals surface area contributed by atoms with Gasteiger partial charge in [0, 0.05) is 16.6 Å². The van der Waals surface area contributed by atoms with E-state index in [2.05, 4.69) is 22.1 Å². The first kappa shape index (κ1) is 15.2. The molecule has 1 aromatic carbocycles. The van der Waals surface area contributed by atoms with Gasteiger partial charge < -0.3 is 10.4 Å². The molecule has 0 spiro atoms. The van der Waals surface area contributed by atoms with Gasteiger partial charge in [-0.2, -0.15) is 0 Å². The van der Waals surface area contributed by atoms with Crippen LogP contribution >= 0.6 is 11.3 Å². The van der Waals surface area contributed by atoms with Gasteiger partial charge in [-0.15, -0.1) is 11.3 Å². The summed E-state index contributed by atoms with van der Waals surface area (Å²) in [5.74, 6) is 3.89. The molecule has 0 fully saturated rings. The molecule has 2 N–H and O–H groups in total. The number of aliphatic hydroxyl groups is 1. The largest absolute Gasteiger partial charge is 0.384 e. The highest BCUT2D eigenvalue weighted by atomic mass is 32.1. The van der Waals surface area contributed by atoms with Crippen LogP contribution in [0.2, 0.25) is 0 Å². The summed E-state index contributed by atoms with van der Waals surface area (Å²) in [5.41, 5.74) is 0.377. The van der Waals surface area contributed by atoms with Gasteiger partial charge in [0.05, 0.1) is 17.1 Å². The van der Waals surface area contributed by atoms with E-state index in [9.17, 15) is 9.18 Å². The van der Waals surface area contributed by atoms with Crippen molar-refractivity contribution in [2.24, 2.45) is 0 Å². The Labute approximate surface area is 125 Å². The number of rotatable bonds is 3. The third-order valence-corrected chi connectivity index (χ3v) is 3.54. The minimum atomic E-state index is -0.586. The Morgan fingerprint density at radius 2 is 2.33 bits per heavy atom. The molecule has 1 aromatic heterocycles. The zero-order chi connectivity index (χ0) is 15.2. The van der Waals surface area contributed by atoms with Crippen LogP contribution in [0.15, 0.2) is 24.4 Å². The Balaban J connectivity index is 2.04. The Hall–Kier alpha value is -2.23. The van der Waals surface area contributed by atoms with Gasteiger partial charge in [0.1, 0.15) is 12.4 Å². The smallest absolute Gasteiger partial charge is 0.251 e. The highest BCUT2D eigenvalue weighted by Crippen LogP contribution is 2.12. The standard InChI is InChI=1S/C15H13FN2O2S/c1-10-17-8-13(21-10)9-18-15(20)12-5-4-11(3-2-6-19)14(16)7-12/h4-5,7-8,19H,6,9H2,1H3,(H,18,20). The first-order valence-corrected chi connectivity index (χ1v) is 7.00. The van der Waals surface area contributed by atoms with Crippen molar-refractivity contribution in [3.63, 3.8) is 0 Å². The van der Waals surface area contributed by atoms with Crippen molar-refractivity contribution in [1.29, 1.82) is 0 Å². The fraction of sp³-hybridized carbons (Fsp3) is 0.200. The van der Waals surface area contributed by atoms with Crippen LogP contribution in [0.4, 0.5) is 4.39 Å². The lowest BCUT2D eigenvalue weighted by molar-refractivity contribution is 0.0951. The number of hydrogen-bond donors (Lipinski definition) is 2. The number of benzene rings is 1. The Kier molecular flexibility index (Phi) is 5.04. The van der Waals surface area contributed by atoms with Gasteiger partial charge in [-0.25, -0.2) is 9.37 Å². The van der Waals surface area contributed by atoms with Crippen LogP contribution in [0, 0.1) is 24.6 Å². The molecule has 1 heterocycles. The second-order valence-corrected chi connectivity index (χ2v) is 5.50. The molecule has 0 bridgehead atoms. The van der Waals surface area contributed by atoms with Crippen molar-refractivity contribution in [2.45, 2.75) is 13.5 Å². The Morgan fingerprint density at radius 1 is 1.52 bits per heavy atom. The number of amides is 1. The number of aryl methyl sites for hydroxylation is 1. The molecule has 108 valence electrons. The maximum absolute atomic E-state index is 13.7. The summed E-state index contributed by atoms with van der Waals surface area (Å²) in [6.07, 6.45) is 1.70. The predicted octanol–water partition coefficient (Wildman–Crippen LogP) is 1.86. The molecule has 1 amide bonds. The first-order chi connectivity index (χ1) is 10.1. The average Bonchev–Trinajstić information content (AvgIpc) is 2.89. The van der Waals surface area contributed by atoms with Crippen LogP contribution in [0.5, 0.6) is 0 Å². The first-order valence-electron chi connectivity index (χ1n) is 6.19. The minimum absolute atomic E-state index is 0.152. The van der Waals surface area contributed by atoms with Gasteiger partial charge in [0.15, 0.2) is 0 Å². The van der Waals surface area contributed by atoms with Crippen molar-refractivity contribution < 1.29 is 14.3 Å². The molecule has 0 aliphatic carbocycles. The van der Waals surface area contributed by atoms with Gasteiger partial charge in [0.2, 0.25) is 0 Å². The maximum Gasteiger partial charge on any atom is 0.251 e. The molecule has 0 aliphatic rings. The lowest BCUT2D eigenvalue weighted by Gasteiger charge is -2.04. The number of halogens is 1. The van der Waals surface area contributed by atoms with Crippen LogP contribution in [-0.2, 0) is 6.54 Å². The number of nitrogens with one attached hydrogen (secondary N) is 1. The van der Waals surface area contributed by atoms with E-state index < -0.39 is 5.82 Å². The number of hydrogen-bond acceptors (Lipinski definition) is 4. The number of thiazole rings is 1. The third kappa shape index (κ3) is 4.12. The molecule has 4 nitrogen and oxygen atoms in total. The highest BCUT2D eigenvalue weighted by molar-refractivity contribution is 7.11. The monoisotopic (exact) mass is 304 g/mol. The molecule has 0 saturated heterocycles. The lowest BCUT2D eigenvalue weighted by Crippen LogP contribution is -2.22. The van der Waals surface area contributed by atoms with Crippen molar-refractivity contribution in [2.75, 3.05) is 6.61 Å². The topological polar surface area (TPSA) is 62.2 Å². The van der Waals surface area contributed by atoms with E-state index in [0.717, 1.165) is 16.0 Å². The molecule has 0 unspecified atom stereocenters. The van der Waals surface area contributed by atoms with E-state index >= 15 is 0 Å². The molecule has 2 rings (SSSR count). The van der Waals surface area contributed by atoms with Crippen molar-refractivity contribution in [3.05, 3.63) is 51.2 Å². The van der Waals surface area contributed by atoms with Crippen LogP contribution in [0.1, 0.15) is 25.8 Å². The molecule has 0 atom stereocenters. The molecule has 0 aliphatic heterocycles. The summed E-state index contributed by atoms with van der Waals surface area (Å²) < 4.78 is 13.7. The van der Waals surface area contributed by atoms with E-state index in [1.165, 1.54) is 23.5 Å². The normalized spacial score (nSPS) is 9.86. The quantitative estimate of drug-likeness (QED) is 0.851. The zero-order valence-corrected chi connectivity index (χ0v) is 12.1. The molecule has 6 heteroatoms. The minimum Gasteiger partial charge on any atom is -0.384 e. The van der Waals surface area contributed by atoms with Crippen LogP contribution in [-0.4, -0.2) is 22.6 Å². The van der Waals surface area contributed by atoms with Crippen LogP contribution < -0.4 is 5.32 Å². The van der Waals surface area contributed by atoms with Crippen molar-refractivity contribution in [1.82, 2.24) is 10.3 Å². The number of carbonyl (C=O) groups is 1. The van der Waals surface area contributed by atoms with Crippen molar-refractivity contribution >= 4 is 17.2 Å². The van der Waals surface area contributed by atoms with Crippen molar-refractivity contribution in [3.8, 4) is 11.8 Å². The second kappa shape index (κ2) is 6.97. The number of aromatic nitrogens is 1. The fourth-order valence-corrected chi connectivity index (χ4v) is 2.38. The Bertz CT molecular complexity index is 716. The summed E-state index contributed by atoms with van der Waals surface area (Å²) in [6.45, 7) is 1.91. The second-order valence-electron chi connectivity index (χ2n) is 4.18. The average molecular weight is 304 g/mol. The molecule has 0 saturated carbocycles. The Morgan fingerprint density at radius 3 is 2.95 bits per heavy atom. The molecule has 21 heavy (non-hydrogen) atoms. The van der Waals surface area contributed by atoms with E-state index in [-0.39, 0.29) is 23.6 Å². The summed E-state index contributed by atoms with van der Waals surface area (Å²) >= 11 is 1.50. The highest BCUT2D eigenvalue weighted by Gasteiger charge is 2.09. The maximum atomic E-state index is 13.7. The third-order valence-electron chi connectivity index (χ3n) is 2.63. The predicted molar refractivity (Wildman–Crippen MR) is 78.4 cm³/mol. The number of carbonyl (C=O) groups excluding carboxylic acids is 1. The number of aliphatic hydroxyl groups excluding tert-OH is 1. The fourth-order valence-electron chi connectivity index (χ4n) is 1.65. The summed E-state index contributed by atoms with van der Waals surface area (Å²) in [5, 5.41) is 12.2. The van der Waals surface area contributed by atoms with Crippen LogP contribution in [0.3, 0.4) is 0 Å². The molecular formula is C15H13FN2O2S. The van der Waals surface area contributed by atoms with E-state index in [1.54, 1.807) is 6.20 Å². The summed E-state index contributed by atoms with van der Waals surface area (Å²) in [7, 11) is 0. The van der Waals surface area contributed by atoms with Crippen LogP contribution in [0.25, 0.3) is 0 Å². The van der Waals surface area contributed by atoms with Gasteiger partial charge >= 0.3 is 0 Å². The summed E-state index contributed by atoms with van der Waals surface area (Å²) in [6, 6.07) is 4.05. The summed E-state index contributed by atoms with van der Waals surface area (Å²) in [4.78, 5) is 17.0. The van der Waals surface area contributed by atoms with Gasteiger partial charge in [0.25, 0.3) is 5.91 Å². The van der Waals surface area contributed by atoms with Gasteiger partial charge in [-0.1, -0.05) is 11.8 Å². The molecular weight excluding hydrogens is 291 g/mol.